The van der Waals surface area contributed by atoms with E-state index in [0.29, 0.717) is 23.0 Å². The van der Waals surface area contributed by atoms with Crippen molar-refractivity contribution in [3.8, 4) is 5.75 Å². The molecular formula is C19H21F2N7O2. The number of ether oxygens (including phenoxy) is 1. The van der Waals surface area contributed by atoms with Crippen molar-refractivity contribution in [1.29, 1.82) is 0 Å². The molecule has 2 N–H and O–H groups in total. The van der Waals surface area contributed by atoms with Gasteiger partial charge in [-0.3, -0.25) is 4.79 Å². The highest BCUT2D eigenvalue weighted by Crippen LogP contribution is 2.31. The summed E-state index contributed by atoms with van der Waals surface area (Å²) < 4.78 is 35.0. The fraction of sp³-hybridized carbons (Fsp3) is 0.316. The van der Waals surface area contributed by atoms with E-state index >= 15 is 0 Å². The van der Waals surface area contributed by atoms with Gasteiger partial charge in [0.2, 0.25) is 11.7 Å². The maximum Gasteiger partial charge on any atom is 0.303 e. The number of aryl methyl sites for hydroxylation is 2. The first-order chi connectivity index (χ1) is 14.1. The average molecular weight is 417 g/mol. The molecule has 0 aliphatic carbocycles. The molecule has 0 bridgehead atoms. The second-order valence-corrected chi connectivity index (χ2v) is 6.72. The third kappa shape index (κ3) is 5.25. The molecule has 0 aromatic carbocycles. The highest BCUT2D eigenvalue weighted by molar-refractivity contribution is 5.88. The van der Waals surface area contributed by atoms with Crippen LogP contribution < -0.4 is 15.4 Å². The summed E-state index contributed by atoms with van der Waals surface area (Å²) in [7, 11) is 1.83. The molecule has 0 aliphatic rings. The highest BCUT2D eigenvalue weighted by Gasteiger charge is 2.29. The molecule has 1 amide bonds. The molecule has 3 rings (SSSR count). The van der Waals surface area contributed by atoms with E-state index in [0.717, 1.165) is 6.92 Å². The van der Waals surface area contributed by atoms with Gasteiger partial charge in [0.15, 0.2) is 5.75 Å². The van der Waals surface area contributed by atoms with Crippen molar-refractivity contribution >= 4 is 23.2 Å². The van der Waals surface area contributed by atoms with Crippen LogP contribution in [-0.2, 0) is 24.4 Å². The van der Waals surface area contributed by atoms with Gasteiger partial charge < -0.3 is 19.9 Å². The largest absolute Gasteiger partial charge is 0.482 e. The second-order valence-electron chi connectivity index (χ2n) is 6.72. The molecule has 9 nitrogen and oxygen atoms in total. The first kappa shape index (κ1) is 21.1. The third-order valence-corrected chi connectivity index (χ3v) is 3.96. The zero-order valence-corrected chi connectivity index (χ0v) is 16.9. The lowest BCUT2D eigenvalue weighted by molar-refractivity contribution is -0.114. The van der Waals surface area contributed by atoms with Gasteiger partial charge in [-0.15, -0.1) is 0 Å². The number of amides is 1. The van der Waals surface area contributed by atoms with Gasteiger partial charge in [-0.2, -0.15) is 8.78 Å². The van der Waals surface area contributed by atoms with E-state index in [2.05, 4.69) is 30.6 Å². The number of carbonyl (C=O) groups is 1. The lowest BCUT2D eigenvalue weighted by atomic mass is 10.3. The van der Waals surface area contributed by atoms with Gasteiger partial charge in [0.1, 0.15) is 24.1 Å². The van der Waals surface area contributed by atoms with Gasteiger partial charge >= 0.3 is 5.92 Å². The number of anilines is 3. The Kier molecular flexibility index (Phi) is 5.90. The molecule has 0 aliphatic heterocycles. The summed E-state index contributed by atoms with van der Waals surface area (Å²) in [5.74, 6) is -2.68. The number of pyridine rings is 1. The predicted octanol–water partition coefficient (Wildman–Crippen LogP) is 3.31. The van der Waals surface area contributed by atoms with Crippen molar-refractivity contribution in [1.82, 2.24) is 24.5 Å². The zero-order chi connectivity index (χ0) is 21.9. The minimum atomic E-state index is -3.19. The lowest BCUT2D eigenvalue weighted by Crippen LogP contribution is -2.15. The molecule has 0 radical (unpaired) electrons. The number of halogens is 2. The molecule has 0 spiro atoms. The maximum absolute atomic E-state index is 13.7. The Morgan fingerprint density at radius 2 is 2.00 bits per heavy atom. The van der Waals surface area contributed by atoms with Crippen molar-refractivity contribution < 1.29 is 18.3 Å². The molecular weight excluding hydrogens is 396 g/mol. The number of hydrogen-bond acceptors (Lipinski definition) is 7. The molecule has 158 valence electrons. The minimum Gasteiger partial charge on any atom is -0.482 e. The Morgan fingerprint density at radius 1 is 1.23 bits per heavy atom. The normalized spacial score (nSPS) is 11.3. The Bertz CT molecular complexity index is 1060. The van der Waals surface area contributed by atoms with Crippen LogP contribution in [0.15, 0.2) is 30.7 Å². The summed E-state index contributed by atoms with van der Waals surface area (Å²) in [6.07, 6.45) is 4.85. The molecule has 11 heteroatoms. The van der Waals surface area contributed by atoms with Crippen molar-refractivity contribution in [2.75, 3.05) is 10.6 Å². The van der Waals surface area contributed by atoms with E-state index in [9.17, 15) is 13.6 Å². The number of carbonyl (C=O) groups excluding carboxylic acids is 1. The van der Waals surface area contributed by atoms with E-state index in [1.807, 2.05) is 7.05 Å². The number of nitrogens with one attached hydrogen (secondary N) is 2. The fourth-order valence-corrected chi connectivity index (χ4v) is 2.55. The van der Waals surface area contributed by atoms with Gasteiger partial charge in [-0.1, -0.05) is 0 Å². The van der Waals surface area contributed by atoms with Crippen LogP contribution in [0.25, 0.3) is 0 Å². The molecule has 0 saturated heterocycles. The average Bonchev–Trinajstić information content (AvgIpc) is 3.04. The lowest BCUT2D eigenvalue weighted by Gasteiger charge is -2.16. The first-order valence-electron chi connectivity index (χ1n) is 8.99. The van der Waals surface area contributed by atoms with Crippen molar-refractivity contribution in [2.24, 2.45) is 7.05 Å². The number of alkyl halides is 2. The Balaban J connectivity index is 1.93. The van der Waals surface area contributed by atoms with Crippen LogP contribution in [0.1, 0.15) is 31.2 Å². The van der Waals surface area contributed by atoms with E-state index < -0.39 is 11.7 Å². The SMILES string of the molecule is CC(=O)Nc1cc(Nc2cc(C)nc(C(C)(F)F)n2)c(OCc2nccn2C)cn1. The van der Waals surface area contributed by atoms with Gasteiger partial charge in [-0.05, 0) is 6.92 Å². The van der Waals surface area contributed by atoms with Crippen LogP contribution in [0.5, 0.6) is 5.75 Å². The van der Waals surface area contributed by atoms with Crippen LogP contribution >= 0.6 is 0 Å². The molecule has 0 saturated carbocycles. The summed E-state index contributed by atoms with van der Waals surface area (Å²) in [5, 5.41) is 5.53. The summed E-state index contributed by atoms with van der Waals surface area (Å²) in [6.45, 7) is 3.83. The molecule has 0 unspecified atom stereocenters. The topological polar surface area (TPSA) is 107 Å². The number of hydrogen-bond donors (Lipinski definition) is 2. The van der Waals surface area contributed by atoms with Crippen LogP contribution in [0, 0.1) is 6.92 Å². The fourth-order valence-electron chi connectivity index (χ4n) is 2.55. The molecule has 3 heterocycles. The Labute approximate surface area is 171 Å². The zero-order valence-electron chi connectivity index (χ0n) is 16.9. The van der Waals surface area contributed by atoms with Crippen LogP contribution in [-0.4, -0.2) is 30.4 Å². The van der Waals surface area contributed by atoms with Crippen molar-refractivity contribution in [2.45, 2.75) is 33.3 Å². The van der Waals surface area contributed by atoms with E-state index in [-0.39, 0.29) is 24.1 Å². The second kappa shape index (κ2) is 8.39. The summed E-state index contributed by atoms with van der Waals surface area (Å²) >= 11 is 0. The third-order valence-electron chi connectivity index (χ3n) is 3.96. The molecule has 0 atom stereocenters. The number of nitrogens with zero attached hydrogens (tertiary/aromatic N) is 5. The van der Waals surface area contributed by atoms with Crippen LogP contribution in [0.2, 0.25) is 0 Å². The van der Waals surface area contributed by atoms with E-state index in [1.165, 1.54) is 25.3 Å². The van der Waals surface area contributed by atoms with Crippen LogP contribution in [0.3, 0.4) is 0 Å². The van der Waals surface area contributed by atoms with Crippen molar-refractivity contribution in [3.63, 3.8) is 0 Å². The van der Waals surface area contributed by atoms with Crippen LogP contribution in [0.4, 0.5) is 26.1 Å². The smallest absolute Gasteiger partial charge is 0.303 e. The van der Waals surface area contributed by atoms with E-state index in [4.69, 9.17) is 4.74 Å². The highest BCUT2D eigenvalue weighted by atomic mass is 19.3. The molecule has 0 fully saturated rings. The summed E-state index contributed by atoms with van der Waals surface area (Å²) in [6, 6.07) is 3.05. The van der Waals surface area contributed by atoms with E-state index in [1.54, 1.807) is 23.9 Å². The molecule has 3 aromatic heterocycles. The molecule has 30 heavy (non-hydrogen) atoms. The minimum absolute atomic E-state index is 0.153. The van der Waals surface area contributed by atoms with Gasteiger partial charge in [0.25, 0.3) is 0 Å². The summed E-state index contributed by atoms with van der Waals surface area (Å²) in [4.78, 5) is 27.4. The van der Waals surface area contributed by atoms with Gasteiger partial charge in [0, 0.05) is 51.1 Å². The van der Waals surface area contributed by atoms with Gasteiger partial charge in [-0.25, -0.2) is 19.9 Å². The standard InChI is InChI=1S/C19H21F2N7O2/c1-11-7-16(27-18(24-11)19(3,20)21)26-13-8-15(25-12(2)29)23-9-14(13)30-10-17-22-5-6-28(17)4/h5-9H,10H2,1-4H3,(H2,23,24,25,26,27,29). The Morgan fingerprint density at radius 3 is 2.63 bits per heavy atom. The summed E-state index contributed by atoms with van der Waals surface area (Å²) in [5.41, 5.74) is 0.752. The molecule has 3 aromatic rings. The predicted molar refractivity (Wildman–Crippen MR) is 106 cm³/mol. The van der Waals surface area contributed by atoms with Crippen molar-refractivity contribution in [3.05, 3.63) is 48.1 Å². The quantitative estimate of drug-likeness (QED) is 0.607. The van der Waals surface area contributed by atoms with Gasteiger partial charge in [0.05, 0.1) is 11.9 Å². The number of rotatable bonds is 7. The monoisotopic (exact) mass is 417 g/mol. The first-order valence-corrected chi connectivity index (χ1v) is 8.99. The maximum atomic E-state index is 13.7. The number of imidazole rings is 1. The Hall–Kier alpha value is -3.63. The number of aromatic nitrogens is 5.